The maximum absolute atomic E-state index is 14.0. The van der Waals surface area contributed by atoms with Gasteiger partial charge in [-0.15, -0.1) is 5.10 Å². The van der Waals surface area contributed by atoms with E-state index in [1.807, 2.05) is 32.9 Å². The summed E-state index contributed by atoms with van der Waals surface area (Å²) < 4.78 is 63.4. The Bertz CT molecular complexity index is 1500. The van der Waals surface area contributed by atoms with Crippen LogP contribution in [0.4, 0.5) is 10.6 Å². The predicted octanol–water partition coefficient (Wildman–Crippen LogP) is 5.64. The number of hydrogen-bond acceptors (Lipinski definition) is 13. The van der Waals surface area contributed by atoms with Gasteiger partial charge in [0, 0.05) is 13.2 Å². The number of fused-ring (bicyclic) bond motifs is 2. The zero-order chi connectivity index (χ0) is 35.8. The average molecular weight is 733 g/mol. The van der Waals surface area contributed by atoms with E-state index in [1.165, 1.54) is 7.11 Å². The van der Waals surface area contributed by atoms with Crippen molar-refractivity contribution in [2.45, 2.75) is 121 Å². The minimum Gasteiger partial charge on any atom is -0.443 e. The number of methoxy groups -OCH3 is 1. The van der Waals surface area contributed by atoms with E-state index in [-0.39, 0.29) is 37.8 Å². The van der Waals surface area contributed by atoms with Crippen LogP contribution in [0.25, 0.3) is 5.52 Å². The van der Waals surface area contributed by atoms with Gasteiger partial charge in [0.15, 0.2) is 11.6 Å². The van der Waals surface area contributed by atoms with Crippen LogP contribution in [0.3, 0.4) is 0 Å². The Labute approximate surface area is 292 Å². The monoisotopic (exact) mass is 732 g/mol. The molecule has 276 valence electrons. The van der Waals surface area contributed by atoms with Crippen molar-refractivity contribution < 1.29 is 51.9 Å². The van der Waals surface area contributed by atoms with Gasteiger partial charge in [-0.2, -0.15) is 4.98 Å². The smallest absolute Gasteiger partial charge is 0.416 e. The van der Waals surface area contributed by atoms with Gasteiger partial charge in [0.2, 0.25) is 10.6 Å². The molecule has 5 atom stereocenters. The van der Waals surface area contributed by atoms with Crippen LogP contribution in [0, 0.1) is 0 Å². The van der Waals surface area contributed by atoms with E-state index in [0.29, 0.717) is 17.0 Å². The predicted molar refractivity (Wildman–Crippen MR) is 179 cm³/mol. The lowest BCUT2D eigenvalue weighted by molar-refractivity contribution is -0.199. The molecule has 49 heavy (non-hydrogen) atoms. The summed E-state index contributed by atoms with van der Waals surface area (Å²) in [6.07, 6.45) is 0.313. The molecule has 4 heterocycles. The Morgan fingerprint density at radius 1 is 1.14 bits per heavy atom. The molecule has 0 aromatic carbocycles. The maximum Gasteiger partial charge on any atom is 0.416 e. The standard InChI is InChI=1S/C32H50ClN4O11P/c1-9-43-49(40,44-10-2)32(18-38,19-41-8)42-17-23-25-26(47-31(6,7)46-25)24(45-23)21-15-16-22-27(34-28(33)35-37(21)22)36(20-13-11-12-14-20)29(39)48-30(3,4)5/h15-16,20,23-26,38H,9-14,17-19H2,1-8H3/t23-,24-,25-,26+,32-/m1/s1. The average Bonchev–Trinajstić information content (AvgIpc) is 3.79. The van der Waals surface area contributed by atoms with Crippen molar-refractivity contribution in [3.63, 3.8) is 0 Å². The van der Waals surface area contributed by atoms with Crippen LogP contribution in [0.1, 0.15) is 85.9 Å². The van der Waals surface area contributed by atoms with E-state index in [0.717, 1.165) is 25.7 Å². The van der Waals surface area contributed by atoms with Gasteiger partial charge in [-0.3, -0.25) is 9.46 Å². The number of nitrogens with zero attached hydrogens (tertiary/aromatic N) is 4. The summed E-state index contributed by atoms with van der Waals surface area (Å²) in [6, 6.07) is 3.52. The molecule has 2 saturated heterocycles. The molecule has 1 aliphatic carbocycles. The second-order valence-corrected chi connectivity index (χ2v) is 16.6. The Morgan fingerprint density at radius 2 is 1.80 bits per heavy atom. The Hall–Kier alpha value is -1.91. The fraction of sp³-hybridized carbons (Fsp3) is 0.781. The zero-order valence-corrected chi connectivity index (χ0v) is 31.2. The van der Waals surface area contributed by atoms with Gasteiger partial charge >= 0.3 is 13.7 Å². The molecular weight excluding hydrogens is 683 g/mol. The second-order valence-electron chi connectivity index (χ2n) is 13.9. The summed E-state index contributed by atoms with van der Waals surface area (Å²) in [5.74, 6) is -0.635. The molecule has 17 heteroatoms. The van der Waals surface area contributed by atoms with Gasteiger partial charge in [-0.1, -0.05) is 12.8 Å². The maximum atomic E-state index is 14.0. The SMILES string of the molecule is CCOP(=O)(OCC)[C@](CO)(COC)OC[C@H]1O[C@H](c2ccc3c(N(C(=O)OC(C)(C)C)C4CCCC4)nc(Cl)nn23)[C@@H]2OC(C)(C)O[C@@H]21. The lowest BCUT2D eigenvalue weighted by atomic mass is 10.1. The molecule has 0 radical (unpaired) electrons. The molecule has 5 rings (SSSR count). The van der Waals surface area contributed by atoms with Crippen LogP contribution < -0.4 is 4.90 Å². The first kappa shape index (κ1) is 38.3. The fourth-order valence-corrected chi connectivity index (χ4v) is 8.83. The van der Waals surface area contributed by atoms with E-state index in [4.69, 9.17) is 49.1 Å². The van der Waals surface area contributed by atoms with Crippen LogP contribution in [-0.4, -0.2) is 107 Å². The largest absolute Gasteiger partial charge is 0.443 e. The Morgan fingerprint density at radius 3 is 2.39 bits per heavy atom. The molecule has 0 unspecified atom stereocenters. The molecule has 1 saturated carbocycles. The number of aromatic nitrogens is 3. The highest BCUT2D eigenvalue weighted by atomic mass is 35.5. The van der Waals surface area contributed by atoms with Gasteiger partial charge in [0.25, 0.3) is 0 Å². The highest BCUT2D eigenvalue weighted by Crippen LogP contribution is 2.61. The normalized spacial score (nSPS) is 25.5. The Kier molecular flexibility index (Phi) is 11.7. The van der Waals surface area contributed by atoms with Crippen LogP contribution >= 0.6 is 19.2 Å². The van der Waals surface area contributed by atoms with E-state index in [2.05, 4.69) is 10.1 Å². The number of ether oxygens (including phenoxy) is 6. The van der Waals surface area contributed by atoms with Gasteiger partial charge in [-0.25, -0.2) is 9.31 Å². The third-order valence-electron chi connectivity index (χ3n) is 8.67. The number of halogens is 1. The zero-order valence-electron chi connectivity index (χ0n) is 29.5. The number of carbonyl (C=O) groups excluding carboxylic acids is 1. The van der Waals surface area contributed by atoms with E-state index in [1.54, 1.807) is 37.1 Å². The molecule has 3 aliphatic rings. The summed E-state index contributed by atoms with van der Waals surface area (Å²) in [6.45, 7) is 11.4. The fourth-order valence-electron chi connectivity index (χ4n) is 6.76. The molecule has 2 aromatic rings. The van der Waals surface area contributed by atoms with Crippen molar-refractivity contribution >= 4 is 36.6 Å². The third kappa shape index (κ3) is 7.81. The summed E-state index contributed by atoms with van der Waals surface area (Å²) in [4.78, 5) is 19.8. The minimum atomic E-state index is -4.04. The Balaban J connectivity index is 1.50. The first-order valence-corrected chi connectivity index (χ1v) is 18.7. The van der Waals surface area contributed by atoms with Crippen molar-refractivity contribution in [2.75, 3.05) is 45.0 Å². The molecular formula is C32H50ClN4O11P. The van der Waals surface area contributed by atoms with Crippen LogP contribution in [-0.2, 0) is 42.0 Å². The van der Waals surface area contributed by atoms with Gasteiger partial charge in [0.1, 0.15) is 35.5 Å². The van der Waals surface area contributed by atoms with Gasteiger partial charge in [-0.05, 0) is 85.0 Å². The molecule has 0 spiro atoms. The van der Waals surface area contributed by atoms with Crippen molar-refractivity contribution in [3.05, 3.63) is 23.1 Å². The van der Waals surface area contributed by atoms with E-state index < -0.39 is 61.4 Å². The van der Waals surface area contributed by atoms with Crippen molar-refractivity contribution in [3.8, 4) is 0 Å². The van der Waals surface area contributed by atoms with Gasteiger partial charge in [0.05, 0.1) is 38.7 Å². The lowest BCUT2D eigenvalue weighted by Crippen LogP contribution is -2.46. The number of carbonyl (C=O) groups is 1. The van der Waals surface area contributed by atoms with Gasteiger partial charge < -0.3 is 42.6 Å². The van der Waals surface area contributed by atoms with E-state index >= 15 is 0 Å². The summed E-state index contributed by atoms with van der Waals surface area (Å²) in [7, 11) is -2.63. The molecule has 2 aromatic heterocycles. The quantitative estimate of drug-likeness (QED) is 0.238. The second kappa shape index (κ2) is 15.0. The highest BCUT2D eigenvalue weighted by molar-refractivity contribution is 7.55. The highest BCUT2D eigenvalue weighted by Gasteiger charge is 2.58. The third-order valence-corrected chi connectivity index (χ3v) is 11.4. The lowest BCUT2D eigenvalue weighted by Gasteiger charge is -2.37. The molecule has 1 amide bonds. The van der Waals surface area contributed by atoms with Crippen molar-refractivity contribution in [1.29, 1.82) is 0 Å². The first-order chi connectivity index (χ1) is 23.1. The number of aliphatic hydroxyl groups is 1. The van der Waals surface area contributed by atoms with Crippen LogP contribution in [0.5, 0.6) is 0 Å². The summed E-state index contributed by atoms with van der Waals surface area (Å²) >= 11 is 6.55. The summed E-state index contributed by atoms with van der Waals surface area (Å²) in [5, 5.41) is 13.2. The first-order valence-electron chi connectivity index (χ1n) is 16.8. The molecule has 1 N–H and O–H groups in total. The van der Waals surface area contributed by atoms with Crippen molar-refractivity contribution in [1.82, 2.24) is 14.6 Å². The van der Waals surface area contributed by atoms with Crippen molar-refractivity contribution in [2.24, 2.45) is 0 Å². The molecule has 3 fully saturated rings. The van der Waals surface area contributed by atoms with Crippen LogP contribution in [0.15, 0.2) is 12.1 Å². The molecule has 0 bridgehead atoms. The van der Waals surface area contributed by atoms with Crippen LogP contribution in [0.2, 0.25) is 5.28 Å². The number of amides is 1. The number of hydrogen-bond donors (Lipinski definition) is 1. The summed E-state index contributed by atoms with van der Waals surface area (Å²) in [5.41, 5.74) is 0.388. The molecule has 2 aliphatic heterocycles. The molecule has 15 nitrogen and oxygen atoms in total. The number of anilines is 1. The topological polar surface area (TPSA) is 162 Å². The van der Waals surface area contributed by atoms with E-state index in [9.17, 15) is 14.5 Å². The number of aliphatic hydroxyl groups excluding tert-OH is 1. The minimum absolute atomic E-state index is 0.0593. The number of rotatable bonds is 14.